The molecule has 0 fully saturated rings. The molecular weight excluding hydrogens is 304 g/mol. The second kappa shape index (κ2) is 6.70. The molecule has 24 heavy (non-hydrogen) atoms. The van der Waals surface area contributed by atoms with Gasteiger partial charge in [0.05, 0.1) is 18.1 Å². The number of aromatic nitrogens is 3. The number of imidazole rings is 1. The first-order valence-electron chi connectivity index (χ1n) is 7.91. The van der Waals surface area contributed by atoms with E-state index in [0.29, 0.717) is 17.1 Å². The molecule has 6 heteroatoms. The molecule has 0 atom stereocenters. The van der Waals surface area contributed by atoms with E-state index >= 15 is 0 Å². The van der Waals surface area contributed by atoms with E-state index in [2.05, 4.69) is 26.8 Å². The van der Waals surface area contributed by atoms with Crippen molar-refractivity contribution in [3.05, 3.63) is 47.9 Å². The summed E-state index contributed by atoms with van der Waals surface area (Å²) in [7, 11) is 1.49. The van der Waals surface area contributed by atoms with Gasteiger partial charge in [0.2, 0.25) is 5.88 Å². The Morgan fingerprint density at radius 3 is 2.92 bits per heavy atom. The number of benzene rings is 1. The fourth-order valence-corrected chi connectivity index (χ4v) is 2.76. The third-order valence-corrected chi connectivity index (χ3v) is 3.85. The van der Waals surface area contributed by atoms with Crippen LogP contribution in [0.3, 0.4) is 0 Å². The van der Waals surface area contributed by atoms with Crippen molar-refractivity contribution < 1.29 is 9.53 Å². The molecule has 3 rings (SSSR count). The number of carbonyl (C=O) groups excluding carboxylic acids is 1. The zero-order valence-corrected chi connectivity index (χ0v) is 14.0. The highest BCUT2D eigenvalue weighted by atomic mass is 16.5. The Balaban J connectivity index is 1.89. The molecule has 2 heterocycles. The molecule has 0 aliphatic heterocycles. The van der Waals surface area contributed by atoms with E-state index in [1.165, 1.54) is 7.11 Å². The molecule has 0 aliphatic rings. The van der Waals surface area contributed by atoms with Gasteiger partial charge in [0.15, 0.2) is 0 Å². The van der Waals surface area contributed by atoms with Crippen molar-refractivity contribution in [2.24, 2.45) is 0 Å². The first-order valence-corrected chi connectivity index (χ1v) is 7.91. The molecule has 0 unspecified atom stereocenters. The average Bonchev–Trinajstić information content (AvgIpc) is 2.90. The normalized spacial score (nSPS) is 10.8. The molecule has 0 radical (unpaired) electrons. The molecule has 0 saturated carbocycles. The summed E-state index contributed by atoms with van der Waals surface area (Å²) in [6.45, 7) is 5.07. The Morgan fingerprint density at radius 1 is 1.33 bits per heavy atom. The van der Waals surface area contributed by atoms with E-state index in [0.717, 1.165) is 29.8 Å². The molecule has 0 bridgehead atoms. The fraction of sp³-hybridized carbons (Fsp3) is 0.278. The highest BCUT2D eigenvalue weighted by Gasteiger charge is 2.14. The van der Waals surface area contributed by atoms with Gasteiger partial charge in [-0.3, -0.25) is 4.79 Å². The summed E-state index contributed by atoms with van der Waals surface area (Å²) >= 11 is 0. The van der Waals surface area contributed by atoms with Crippen molar-refractivity contribution in [3.8, 4) is 5.88 Å². The fourth-order valence-electron chi connectivity index (χ4n) is 2.76. The van der Waals surface area contributed by atoms with E-state index in [-0.39, 0.29) is 5.91 Å². The number of nitrogens with zero attached hydrogens (tertiary/aromatic N) is 3. The van der Waals surface area contributed by atoms with Crippen LogP contribution in [-0.2, 0) is 6.54 Å². The molecule has 3 aromatic rings. The Morgan fingerprint density at radius 2 is 2.17 bits per heavy atom. The minimum atomic E-state index is -0.260. The van der Waals surface area contributed by atoms with E-state index in [1.54, 1.807) is 18.3 Å². The molecule has 6 nitrogen and oxygen atoms in total. The summed E-state index contributed by atoms with van der Waals surface area (Å²) in [6, 6.07) is 9.14. The second-order valence-electron chi connectivity index (χ2n) is 5.53. The predicted molar refractivity (Wildman–Crippen MR) is 93.5 cm³/mol. The number of anilines is 1. The maximum Gasteiger partial charge on any atom is 0.261 e. The molecule has 0 saturated heterocycles. The van der Waals surface area contributed by atoms with Gasteiger partial charge in [0.25, 0.3) is 5.91 Å². The van der Waals surface area contributed by atoms with Gasteiger partial charge in [-0.25, -0.2) is 9.97 Å². The minimum absolute atomic E-state index is 0.260. The number of nitrogens with one attached hydrogen (secondary N) is 1. The van der Waals surface area contributed by atoms with Crippen molar-refractivity contribution in [1.82, 2.24) is 14.5 Å². The lowest BCUT2D eigenvalue weighted by Crippen LogP contribution is -2.13. The van der Waals surface area contributed by atoms with Gasteiger partial charge in [-0.1, -0.05) is 6.92 Å². The first-order chi connectivity index (χ1) is 11.6. The third kappa shape index (κ3) is 2.95. The topological polar surface area (TPSA) is 69.0 Å². The number of hydrogen-bond acceptors (Lipinski definition) is 4. The van der Waals surface area contributed by atoms with Crippen LogP contribution < -0.4 is 10.1 Å². The van der Waals surface area contributed by atoms with Crippen LogP contribution in [0.15, 0.2) is 36.5 Å². The van der Waals surface area contributed by atoms with Crippen LogP contribution in [0.5, 0.6) is 5.88 Å². The van der Waals surface area contributed by atoms with Gasteiger partial charge < -0.3 is 14.6 Å². The number of methoxy groups -OCH3 is 1. The van der Waals surface area contributed by atoms with Crippen LogP contribution in [0.1, 0.15) is 29.5 Å². The van der Waals surface area contributed by atoms with Crippen molar-refractivity contribution in [2.75, 3.05) is 12.4 Å². The van der Waals surface area contributed by atoms with Gasteiger partial charge in [0.1, 0.15) is 11.4 Å². The van der Waals surface area contributed by atoms with Crippen molar-refractivity contribution in [3.63, 3.8) is 0 Å². The van der Waals surface area contributed by atoms with Crippen molar-refractivity contribution >= 4 is 22.6 Å². The van der Waals surface area contributed by atoms with E-state index in [9.17, 15) is 4.79 Å². The van der Waals surface area contributed by atoms with Crippen LogP contribution in [-0.4, -0.2) is 27.6 Å². The number of amides is 1. The zero-order valence-electron chi connectivity index (χ0n) is 14.0. The summed E-state index contributed by atoms with van der Waals surface area (Å²) in [5.41, 5.74) is 3.04. The number of pyridine rings is 1. The number of rotatable bonds is 5. The number of ether oxygens (including phenoxy) is 1. The SMILES string of the molecule is CCCn1c(C)nc2cc(NC(=O)c3cccnc3OC)ccc21. The summed E-state index contributed by atoms with van der Waals surface area (Å²) in [5.74, 6) is 1.02. The quantitative estimate of drug-likeness (QED) is 0.781. The van der Waals surface area contributed by atoms with Gasteiger partial charge in [-0.15, -0.1) is 0 Å². The van der Waals surface area contributed by atoms with Crippen LogP contribution in [0.25, 0.3) is 11.0 Å². The Kier molecular flexibility index (Phi) is 4.46. The zero-order chi connectivity index (χ0) is 17.1. The Labute approximate surface area is 140 Å². The van der Waals surface area contributed by atoms with Crippen LogP contribution >= 0.6 is 0 Å². The first kappa shape index (κ1) is 16.0. The minimum Gasteiger partial charge on any atom is -0.480 e. The van der Waals surface area contributed by atoms with Crippen LogP contribution in [0.2, 0.25) is 0 Å². The molecule has 1 N–H and O–H groups in total. The lowest BCUT2D eigenvalue weighted by atomic mass is 10.2. The molecule has 0 aliphatic carbocycles. The smallest absolute Gasteiger partial charge is 0.261 e. The van der Waals surface area contributed by atoms with Crippen molar-refractivity contribution in [1.29, 1.82) is 0 Å². The maximum atomic E-state index is 12.4. The summed E-state index contributed by atoms with van der Waals surface area (Å²) in [4.78, 5) is 21.1. The van der Waals surface area contributed by atoms with Gasteiger partial charge in [-0.2, -0.15) is 0 Å². The molecule has 0 spiro atoms. The predicted octanol–water partition coefficient (Wildman–Crippen LogP) is 3.41. The van der Waals surface area contributed by atoms with E-state index in [4.69, 9.17) is 4.74 Å². The summed E-state index contributed by atoms with van der Waals surface area (Å²) in [5, 5.41) is 2.88. The van der Waals surface area contributed by atoms with Crippen molar-refractivity contribution in [2.45, 2.75) is 26.8 Å². The highest BCUT2D eigenvalue weighted by Crippen LogP contribution is 2.22. The van der Waals surface area contributed by atoms with Crippen LogP contribution in [0, 0.1) is 6.92 Å². The largest absolute Gasteiger partial charge is 0.480 e. The molecule has 1 amide bonds. The maximum absolute atomic E-state index is 12.4. The summed E-state index contributed by atoms with van der Waals surface area (Å²) in [6.07, 6.45) is 2.64. The van der Waals surface area contributed by atoms with E-state index in [1.807, 2.05) is 25.1 Å². The number of fused-ring (bicyclic) bond motifs is 1. The lowest BCUT2D eigenvalue weighted by Gasteiger charge is -2.08. The van der Waals surface area contributed by atoms with Gasteiger partial charge in [0, 0.05) is 18.4 Å². The lowest BCUT2D eigenvalue weighted by molar-refractivity contribution is 0.102. The number of carbonyl (C=O) groups is 1. The van der Waals surface area contributed by atoms with Gasteiger partial charge in [-0.05, 0) is 43.7 Å². The van der Waals surface area contributed by atoms with Gasteiger partial charge >= 0.3 is 0 Å². The summed E-state index contributed by atoms with van der Waals surface area (Å²) < 4.78 is 7.32. The highest BCUT2D eigenvalue weighted by molar-refractivity contribution is 6.06. The molecule has 124 valence electrons. The Hall–Kier alpha value is -2.89. The molecular formula is C18H20N4O2. The molecule has 2 aromatic heterocycles. The average molecular weight is 324 g/mol. The second-order valence-corrected chi connectivity index (χ2v) is 5.53. The Bertz CT molecular complexity index is 886. The third-order valence-electron chi connectivity index (χ3n) is 3.85. The van der Waals surface area contributed by atoms with Crippen LogP contribution in [0.4, 0.5) is 5.69 Å². The number of aryl methyl sites for hydroxylation is 2. The monoisotopic (exact) mass is 324 g/mol. The number of hydrogen-bond donors (Lipinski definition) is 1. The standard InChI is InChI=1S/C18H20N4O2/c1-4-10-22-12(2)20-15-11-13(7-8-16(15)22)21-17(23)14-6-5-9-19-18(14)24-3/h5-9,11H,4,10H2,1-3H3,(H,21,23). The molecule has 1 aromatic carbocycles. The van der Waals surface area contributed by atoms with E-state index < -0.39 is 0 Å².